The van der Waals surface area contributed by atoms with Gasteiger partial charge in [0.2, 0.25) is 0 Å². The lowest BCUT2D eigenvalue weighted by Crippen LogP contribution is -2.29. The molecule has 3 aromatic carbocycles. The summed E-state index contributed by atoms with van der Waals surface area (Å²) in [6, 6.07) is 13.2. The predicted molar refractivity (Wildman–Crippen MR) is 141 cm³/mol. The van der Waals surface area contributed by atoms with E-state index in [0.717, 1.165) is 11.6 Å². The van der Waals surface area contributed by atoms with Crippen LogP contribution in [0.2, 0.25) is 5.02 Å². The molecular weight excluding hydrogens is 497 g/mol. The molecule has 0 radical (unpaired) electrons. The van der Waals surface area contributed by atoms with Crippen molar-refractivity contribution in [1.29, 1.82) is 0 Å². The highest BCUT2D eigenvalue weighted by atomic mass is 35.5. The standard InChI is InChI=1S/C29H27ClFNO5/c1-15(2)20-14-21(16(3)12-24(20)37-5)27(33)25-26(17-6-9-19(36-4)10-7-17)32(29(35)28(25)34)18-8-11-23(31)22(30)13-18/h6-15,26,33H,1-5H3/b27-25+. The first-order valence-corrected chi connectivity index (χ1v) is 12.1. The van der Waals surface area contributed by atoms with Gasteiger partial charge in [0.05, 0.1) is 30.9 Å². The number of amides is 1. The SMILES string of the molecule is COc1ccc(C2/C(=C(\O)c3cc(C(C)C)c(OC)cc3C)C(=O)C(=O)N2c2ccc(F)c(Cl)c2)cc1. The van der Waals surface area contributed by atoms with E-state index >= 15 is 0 Å². The molecule has 0 bridgehead atoms. The lowest BCUT2D eigenvalue weighted by atomic mass is 9.91. The van der Waals surface area contributed by atoms with E-state index in [4.69, 9.17) is 21.1 Å². The molecule has 1 aliphatic heterocycles. The van der Waals surface area contributed by atoms with Gasteiger partial charge in [-0.05, 0) is 72.0 Å². The summed E-state index contributed by atoms with van der Waals surface area (Å²) in [6.45, 7) is 5.77. The van der Waals surface area contributed by atoms with Gasteiger partial charge in [-0.15, -0.1) is 0 Å². The van der Waals surface area contributed by atoms with Gasteiger partial charge in [-0.1, -0.05) is 37.6 Å². The first-order valence-electron chi connectivity index (χ1n) is 11.7. The Labute approximate surface area is 219 Å². The number of nitrogens with zero attached hydrogens (tertiary/aromatic N) is 1. The largest absolute Gasteiger partial charge is 0.507 e. The number of carbonyl (C=O) groups is 2. The van der Waals surface area contributed by atoms with Crippen molar-refractivity contribution in [3.8, 4) is 11.5 Å². The van der Waals surface area contributed by atoms with Crippen molar-refractivity contribution in [2.24, 2.45) is 0 Å². The maximum atomic E-state index is 13.9. The zero-order valence-corrected chi connectivity index (χ0v) is 21.9. The lowest BCUT2D eigenvalue weighted by Gasteiger charge is -2.26. The Bertz CT molecular complexity index is 1410. The summed E-state index contributed by atoms with van der Waals surface area (Å²) >= 11 is 6.01. The van der Waals surface area contributed by atoms with Crippen LogP contribution in [-0.2, 0) is 9.59 Å². The summed E-state index contributed by atoms with van der Waals surface area (Å²) in [7, 11) is 3.10. The van der Waals surface area contributed by atoms with E-state index in [2.05, 4.69) is 0 Å². The number of ether oxygens (including phenoxy) is 2. The fourth-order valence-corrected chi connectivity index (χ4v) is 4.74. The third-order valence-electron chi connectivity index (χ3n) is 6.51. The van der Waals surface area contributed by atoms with Crippen LogP contribution in [-0.4, -0.2) is 31.0 Å². The number of aliphatic hydroxyl groups excluding tert-OH is 1. The van der Waals surface area contributed by atoms with E-state index in [0.29, 0.717) is 28.2 Å². The average Bonchev–Trinajstić information content (AvgIpc) is 3.15. The zero-order valence-electron chi connectivity index (χ0n) is 21.1. The number of rotatable bonds is 6. The summed E-state index contributed by atoms with van der Waals surface area (Å²) < 4.78 is 24.7. The second-order valence-corrected chi connectivity index (χ2v) is 9.51. The van der Waals surface area contributed by atoms with E-state index in [1.807, 2.05) is 13.8 Å². The van der Waals surface area contributed by atoms with Crippen LogP contribution < -0.4 is 14.4 Å². The Morgan fingerprint density at radius 3 is 2.27 bits per heavy atom. The van der Waals surface area contributed by atoms with Crippen molar-refractivity contribution in [3.05, 3.63) is 93.3 Å². The van der Waals surface area contributed by atoms with Crippen LogP contribution in [0.25, 0.3) is 5.76 Å². The Morgan fingerprint density at radius 2 is 1.70 bits per heavy atom. The van der Waals surface area contributed by atoms with Gasteiger partial charge in [0.15, 0.2) is 0 Å². The number of benzene rings is 3. The third kappa shape index (κ3) is 4.67. The number of aliphatic hydroxyl groups is 1. The Balaban J connectivity index is 1.99. The van der Waals surface area contributed by atoms with Crippen LogP contribution in [0.5, 0.6) is 11.5 Å². The lowest BCUT2D eigenvalue weighted by molar-refractivity contribution is -0.132. The molecule has 0 aromatic heterocycles. The number of methoxy groups -OCH3 is 2. The van der Waals surface area contributed by atoms with Gasteiger partial charge < -0.3 is 14.6 Å². The maximum absolute atomic E-state index is 13.9. The van der Waals surface area contributed by atoms with Gasteiger partial charge in [0.1, 0.15) is 23.1 Å². The van der Waals surface area contributed by atoms with Crippen molar-refractivity contribution in [2.45, 2.75) is 32.7 Å². The minimum Gasteiger partial charge on any atom is -0.507 e. The van der Waals surface area contributed by atoms with Crippen LogP contribution >= 0.6 is 11.6 Å². The molecule has 4 rings (SSSR count). The van der Waals surface area contributed by atoms with Crippen LogP contribution in [0, 0.1) is 12.7 Å². The molecule has 1 fully saturated rings. The molecule has 0 aliphatic carbocycles. The van der Waals surface area contributed by atoms with Crippen molar-refractivity contribution in [2.75, 3.05) is 19.1 Å². The molecule has 1 N–H and O–H groups in total. The molecule has 37 heavy (non-hydrogen) atoms. The van der Waals surface area contributed by atoms with Crippen molar-refractivity contribution >= 4 is 34.7 Å². The Morgan fingerprint density at radius 1 is 1.03 bits per heavy atom. The molecule has 0 spiro atoms. The average molecular weight is 524 g/mol. The van der Waals surface area contributed by atoms with Crippen LogP contribution in [0.3, 0.4) is 0 Å². The topological polar surface area (TPSA) is 76.1 Å². The minimum atomic E-state index is -0.989. The highest BCUT2D eigenvalue weighted by Gasteiger charge is 2.47. The zero-order chi connectivity index (χ0) is 27.0. The molecule has 1 unspecified atom stereocenters. The molecule has 1 heterocycles. The number of carbonyl (C=O) groups excluding carboxylic acids is 2. The van der Waals surface area contributed by atoms with E-state index in [-0.39, 0.29) is 28.0 Å². The first kappa shape index (κ1) is 26.2. The van der Waals surface area contributed by atoms with Gasteiger partial charge in [-0.2, -0.15) is 0 Å². The van der Waals surface area contributed by atoms with Crippen molar-refractivity contribution in [3.63, 3.8) is 0 Å². The molecule has 1 aliphatic rings. The van der Waals surface area contributed by atoms with Crippen LogP contribution in [0.4, 0.5) is 10.1 Å². The normalized spacial score (nSPS) is 17.0. The molecule has 1 amide bonds. The van der Waals surface area contributed by atoms with Crippen LogP contribution in [0.15, 0.2) is 60.2 Å². The molecule has 192 valence electrons. The molecular formula is C29H27ClFNO5. The monoisotopic (exact) mass is 523 g/mol. The molecule has 6 nitrogen and oxygen atoms in total. The summed E-state index contributed by atoms with van der Waals surface area (Å²) in [5, 5.41) is 11.4. The quantitative estimate of drug-likeness (QED) is 0.225. The fourth-order valence-electron chi connectivity index (χ4n) is 4.56. The van der Waals surface area contributed by atoms with E-state index in [1.54, 1.807) is 50.4 Å². The molecule has 0 saturated carbocycles. The summed E-state index contributed by atoms with van der Waals surface area (Å²) in [5.74, 6) is -1.37. The fraction of sp³-hybridized carbons (Fsp3) is 0.241. The summed E-state index contributed by atoms with van der Waals surface area (Å²) in [6.07, 6.45) is 0. The molecule has 1 atom stereocenters. The van der Waals surface area contributed by atoms with E-state index in [9.17, 15) is 19.1 Å². The number of Topliss-reactive ketones (excluding diaryl/α,β-unsaturated/α-hetero) is 1. The van der Waals surface area contributed by atoms with Crippen molar-refractivity contribution < 1.29 is 28.6 Å². The Hall–Kier alpha value is -3.84. The predicted octanol–water partition coefficient (Wildman–Crippen LogP) is 6.55. The number of aryl methyl sites for hydroxylation is 1. The van der Waals surface area contributed by atoms with Crippen molar-refractivity contribution in [1.82, 2.24) is 0 Å². The van der Waals surface area contributed by atoms with E-state index in [1.165, 1.54) is 24.1 Å². The highest BCUT2D eigenvalue weighted by Crippen LogP contribution is 2.44. The van der Waals surface area contributed by atoms with Gasteiger partial charge in [0.25, 0.3) is 11.7 Å². The number of hydrogen-bond donors (Lipinski definition) is 1. The summed E-state index contributed by atoms with van der Waals surface area (Å²) in [4.78, 5) is 28.0. The van der Waals surface area contributed by atoms with Gasteiger partial charge in [-0.3, -0.25) is 14.5 Å². The maximum Gasteiger partial charge on any atom is 0.300 e. The number of hydrogen-bond acceptors (Lipinski definition) is 5. The van der Waals surface area contributed by atoms with Gasteiger partial charge >= 0.3 is 0 Å². The second kappa shape index (κ2) is 10.3. The molecule has 3 aromatic rings. The minimum absolute atomic E-state index is 0.0725. The van der Waals surface area contributed by atoms with Gasteiger partial charge in [-0.25, -0.2) is 4.39 Å². The number of ketones is 1. The molecule has 8 heteroatoms. The van der Waals surface area contributed by atoms with Gasteiger partial charge in [0, 0.05) is 11.3 Å². The second-order valence-electron chi connectivity index (χ2n) is 9.10. The van der Waals surface area contributed by atoms with E-state index < -0.39 is 23.5 Å². The smallest absolute Gasteiger partial charge is 0.300 e. The number of halogens is 2. The highest BCUT2D eigenvalue weighted by molar-refractivity contribution is 6.51. The third-order valence-corrected chi connectivity index (χ3v) is 6.80. The number of anilines is 1. The van der Waals surface area contributed by atoms with Crippen LogP contribution in [0.1, 0.15) is 48.1 Å². The molecule has 1 saturated heterocycles. The Kier molecular flexibility index (Phi) is 7.28. The first-order chi connectivity index (χ1) is 17.6. The summed E-state index contributed by atoms with van der Waals surface area (Å²) in [5.41, 5.74) is 2.62.